The van der Waals surface area contributed by atoms with Gasteiger partial charge in [-0.05, 0) is 38.2 Å². The van der Waals surface area contributed by atoms with Gasteiger partial charge in [-0.3, -0.25) is 29.0 Å². The van der Waals surface area contributed by atoms with Gasteiger partial charge in [-0.15, -0.1) is 23.5 Å². The molecule has 3 aliphatic rings. The number of fused-ring (bicyclic) bond motifs is 1. The summed E-state index contributed by atoms with van der Waals surface area (Å²) < 4.78 is 3.89. The van der Waals surface area contributed by atoms with E-state index in [2.05, 4.69) is 10.6 Å². The van der Waals surface area contributed by atoms with Crippen LogP contribution < -0.4 is 10.6 Å². The number of benzene rings is 2. The molecule has 0 aliphatic carbocycles. The van der Waals surface area contributed by atoms with E-state index in [4.69, 9.17) is 4.74 Å². The molecule has 45 heavy (non-hydrogen) atoms. The lowest BCUT2D eigenvalue weighted by Gasteiger charge is -2.52. The maximum atomic E-state index is 13.9. The van der Waals surface area contributed by atoms with Crippen LogP contribution in [0.2, 0.25) is 0 Å². The minimum absolute atomic E-state index is 0.0213. The number of β-lactam (4-membered cyclic amide) rings is 1. The molecule has 3 fully saturated rings. The zero-order valence-electron chi connectivity index (χ0n) is 25.3. The predicted octanol–water partition coefficient (Wildman–Crippen LogP) is 2.11. The molecule has 2 aromatic rings. The zero-order valence-corrected chi connectivity index (χ0v) is 27.0. The van der Waals surface area contributed by atoms with E-state index in [1.165, 1.54) is 33.3 Å². The summed E-state index contributed by atoms with van der Waals surface area (Å²) in [5.74, 6) is -3.44. The summed E-state index contributed by atoms with van der Waals surface area (Å²) >= 11 is 2.73. The topological polar surface area (TPSA) is 145 Å². The highest BCUT2D eigenvalue weighted by atomic mass is 32.2. The van der Waals surface area contributed by atoms with Crippen molar-refractivity contribution in [1.82, 2.24) is 25.3 Å². The van der Waals surface area contributed by atoms with Gasteiger partial charge in [-0.2, -0.15) is 0 Å². The maximum Gasteiger partial charge on any atom is 0.330 e. The highest BCUT2D eigenvalue weighted by Gasteiger charge is 2.73. The van der Waals surface area contributed by atoms with Gasteiger partial charge < -0.3 is 20.3 Å². The lowest BCUT2D eigenvalue weighted by molar-refractivity contribution is -0.166. The van der Waals surface area contributed by atoms with Crippen LogP contribution in [0, 0.1) is 0 Å². The monoisotopic (exact) mass is 653 g/mol. The van der Waals surface area contributed by atoms with E-state index in [0.717, 1.165) is 10.5 Å². The van der Waals surface area contributed by atoms with Gasteiger partial charge in [-0.25, -0.2) is 9.59 Å². The summed E-state index contributed by atoms with van der Waals surface area (Å²) in [5.41, 5.74) is 1.23. The van der Waals surface area contributed by atoms with E-state index in [-0.39, 0.29) is 19.7 Å². The number of urea groups is 1. The average Bonchev–Trinajstić information content (AvgIpc) is 3.27. The number of hydrogen-bond acceptors (Lipinski definition) is 9. The van der Waals surface area contributed by atoms with Crippen LogP contribution in [0.1, 0.15) is 37.9 Å². The van der Waals surface area contributed by atoms with Gasteiger partial charge in [-0.1, -0.05) is 60.7 Å². The normalized spacial score (nSPS) is 24.4. The van der Waals surface area contributed by atoms with Crippen LogP contribution in [0.5, 0.6) is 0 Å². The fourth-order valence-corrected chi connectivity index (χ4v) is 9.23. The molecule has 0 radical (unpaired) electrons. The van der Waals surface area contributed by atoms with Crippen molar-refractivity contribution in [3.8, 4) is 0 Å². The third-order valence-corrected chi connectivity index (χ3v) is 11.4. The van der Waals surface area contributed by atoms with Crippen molar-refractivity contribution in [1.29, 1.82) is 0 Å². The molecule has 5 rings (SSSR count). The van der Waals surface area contributed by atoms with Gasteiger partial charge in [0.25, 0.3) is 5.91 Å². The Kier molecular flexibility index (Phi) is 9.17. The fraction of sp³-hybridized carbons (Fsp3) is 0.419. The molecule has 0 bridgehead atoms. The Bertz CT molecular complexity index is 1510. The molecule has 0 spiro atoms. The lowest BCUT2D eigenvalue weighted by atomic mass is 9.95. The Balaban J connectivity index is 1.34. The quantitative estimate of drug-likeness (QED) is 0.236. The molecule has 6 amide bonds. The van der Waals surface area contributed by atoms with Gasteiger partial charge in [0.05, 0.1) is 0 Å². The first-order valence-corrected chi connectivity index (χ1v) is 16.5. The van der Waals surface area contributed by atoms with Crippen molar-refractivity contribution in [3.05, 3.63) is 71.8 Å². The van der Waals surface area contributed by atoms with Gasteiger partial charge in [0.2, 0.25) is 5.91 Å². The summed E-state index contributed by atoms with van der Waals surface area (Å²) in [7, 11) is 0. The van der Waals surface area contributed by atoms with E-state index in [1.54, 1.807) is 43.5 Å². The van der Waals surface area contributed by atoms with Crippen LogP contribution >= 0.6 is 23.5 Å². The first kappa shape index (κ1) is 32.4. The van der Waals surface area contributed by atoms with Gasteiger partial charge in [0.15, 0.2) is 10.2 Å². The molecule has 0 saturated carbocycles. The minimum atomic E-state index is -1.28. The molecule has 2 N–H and O–H groups in total. The average molecular weight is 654 g/mol. The van der Waals surface area contributed by atoms with Crippen LogP contribution in [0.4, 0.5) is 4.79 Å². The molecule has 3 saturated heterocycles. The SMILES string of the molecule is CCN1CCN(C(=O)NC(C(=O)N[C@@H]2C(=O)N3[C@@H](C(=O)OCc4ccccc4)C(C)(C)SC23SC)c2ccccc2)C(=O)C1=O. The molecule has 12 nitrogen and oxygen atoms in total. The smallest absolute Gasteiger partial charge is 0.330 e. The summed E-state index contributed by atoms with van der Waals surface area (Å²) in [6.45, 7) is 6.01. The van der Waals surface area contributed by atoms with Gasteiger partial charge in [0.1, 0.15) is 18.7 Å². The number of nitrogens with zero attached hydrogens (tertiary/aromatic N) is 3. The highest BCUT2D eigenvalue weighted by Crippen LogP contribution is 2.63. The number of thioether (sulfide) groups is 2. The van der Waals surface area contributed by atoms with Crippen molar-refractivity contribution >= 4 is 59.2 Å². The molecule has 3 aliphatic heterocycles. The Morgan fingerprint density at radius 2 is 1.64 bits per heavy atom. The minimum Gasteiger partial charge on any atom is -0.459 e. The number of likely N-dealkylation sites (N-methyl/N-ethyl adjacent to an activating group) is 1. The molecule has 3 heterocycles. The number of rotatable bonds is 9. The number of ether oxygens (including phenoxy) is 1. The summed E-state index contributed by atoms with van der Waals surface area (Å²) in [4.78, 5) is 82.8. The lowest BCUT2D eigenvalue weighted by Crippen LogP contribution is -2.77. The van der Waals surface area contributed by atoms with Crippen LogP contribution in [0.15, 0.2) is 60.7 Å². The third-order valence-electron chi connectivity index (χ3n) is 8.14. The fourth-order valence-electron chi connectivity index (χ4n) is 5.83. The first-order chi connectivity index (χ1) is 21.4. The Morgan fingerprint density at radius 1 is 1.00 bits per heavy atom. The molecule has 0 aromatic heterocycles. The van der Waals surface area contributed by atoms with Gasteiger partial charge >= 0.3 is 23.8 Å². The van der Waals surface area contributed by atoms with Crippen LogP contribution in [0.3, 0.4) is 0 Å². The maximum absolute atomic E-state index is 13.9. The van der Waals surface area contributed by atoms with Crippen molar-refractivity contribution in [3.63, 3.8) is 0 Å². The molecular formula is C31H35N5O7S2. The highest BCUT2D eigenvalue weighted by molar-refractivity contribution is 8.19. The second-order valence-corrected chi connectivity index (χ2v) is 14.5. The van der Waals surface area contributed by atoms with Crippen LogP contribution in [-0.2, 0) is 35.3 Å². The van der Waals surface area contributed by atoms with E-state index in [0.29, 0.717) is 12.1 Å². The number of piperazine rings is 1. The van der Waals surface area contributed by atoms with Gasteiger partial charge in [0, 0.05) is 24.4 Å². The van der Waals surface area contributed by atoms with E-state index in [9.17, 15) is 28.8 Å². The van der Waals surface area contributed by atoms with E-state index < -0.39 is 62.7 Å². The second-order valence-electron chi connectivity index (χ2n) is 11.3. The largest absolute Gasteiger partial charge is 0.459 e. The molecule has 2 unspecified atom stereocenters. The number of esters is 1. The molecule has 4 atom stereocenters. The summed E-state index contributed by atoms with van der Waals surface area (Å²) in [6, 6.07) is 13.6. The van der Waals surface area contributed by atoms with Crippen molar-refractivity contribution in [2.24, 2.45) is 0 Å². The Hall–Kier alpha value is -4.04. The molecular weight excluding hydrogens is 619 g/mol. The second kappa shape index (κ2) is 12.8. The van der Waals surface area contributed by atoms with Crippen molar-refractivity contribution in [2.45, 2.75) is 54.5 Å². The Morgan fingerprint density at radius 3 is 2.27 bits per heavy atom. The molecule has 14 heteroatoms. The molecule has 2 aromatic carbocycles. The number of amides is 6. The predicted molar refractivity (Wildman–Crippen MR) is 168 cm³/mol. The Labute approximate surface area is 269 Å². The van der Waals surface area contributed by atoms with E-state index in [1.807, 2.05) is 44.2 Å². The molecule has 238 valence electrons. The number of carbonyl (C=O) groups excluding carboxylic acids is 6. The number of imide groups is 1. The third kappa shape index (κ3) is 5.88. The van der Waals surface area contributed by atoms with Crippen LogP contribution in [-0.4, -0.2) is 97.3 Å². The summed E-state index contributed by atoms with van der Waals surface area (Å²) in [5, 5.41) is 5.40. The zero-order chi connectivity index (χ0) is 32.5. The van der Waals surface area contributed by atoms with Crippen molar-refractivity contribution < 1.29 is 33.5 Å². The van der Waals surface area contributed by atoms with E-state index >= 15 is 0 Å². The number of nitrogens with one attached hydrogen (secondary N) is 2. The number of carbonyl (C=O) groups is 6. The van der Waals surface area contributed by atoms with Crippen molar-refractivity contribution in [2.75, 3.05) is 25.9 Å². The number of hydrogen-bond donors (Lipinski definition) is 2. The first-order valence-electron chi connectivity index (χ1n) is 14.5. The van der Waals surface area contributed by atoms with Crippen LogP contribution in [0.25, 0.3) is 0 Å². The summed E-state index contributed by atoms with van der Waals surface area (Å²) in [6.07, 6.45) is 1.80. The standard InChI is InChI=1S/C31H35N5O7S2/c1-5-34-16-17-35(27(40)26(34)39)29(42)32-21(20-14-10-7-11-15-20)24(37)33-22-25(38)36-23(30(2,3)45-31(22,36)44-4)28(41)43-18-19-12-8-6-9-13-19/h6-15,21-23H,5,16-18H2,1-4H3,(H,32,42)(H,33,37)/t21?,22-,23+,31?/m1/s1.